The molecule has 0 aromatic heterocycles. The van der Waals surface area contributed by atoms with Crippen LogP contribution in [0.5, 0.6) is 5.75 Å². The van der Waals surface area contributed by atoms with Crippen LogP contribution in [0.25, 0.3) is 0 Å². The summed E-state index contributed by atoms with van der Waals surface area (Å²) in [6.07, 6.45) is -0.852. The van der Waals surface area contributed by atoms with E-state index in [1.54, 1.807) is 30.3 Å². The van der Waals surface area contributed by atoms with Gasteiger partial charge in [0.1, 0.15) is 5.75 Å². The van der Waals surface area contributed by atoms with Crippen LogP contribution in [-0.2, 0) is 0 Å². The van der Waals surface area contributed by atoms with Crippen molar-refractivity contribution in [2.75, 3.05) is 6.61 Å². The molecule has 0 N–H and O–H groups in total. The Labute approximate surface area is 123 Å². The van der Waals surface area contributed by atoms with Crippen molar-refractivity contribution in [3.63, 3.8) is 0 Å². The standard InChI is InChI=1S/C8H9BF3O.K/c10-9(11,12)6-7-13-8-4-2-1-3-5-8;/h1-5H,6-7H2;/q-1;+1. The number of para-hydroxylation sites is 1. The van der Waals surface area contributed by atoms with E-state index in [1.807, 2.05) is 0 Å². The maximum Gasteiger partial charge on any atom is 1.00 e. The molecule has 6 heteroatoms. The number of hydrogen-bond acceptors (Lipinski definition) is 1. The molecule has 0 saturated heterocycles. The van der Waals surface area contributed by atoms with Crippen molar-refractivity contribution in [2.45, 2.75) is 6.32 Å². The fourth-order valence-electron chi connectivity index (χ4n) is 0.827. The van der Waals surface area contributed by atoms with Crippen LogP contribution in [0.2, 0.25) is 6.32 Å². The van der Waals surface area contributed by atoms with E-state index in [0.717, 1.165) is 0 Å². The number of halogens is 3. The zero-order chi connectivity index (χ0) is 9.73. The van der Waals surface area contributed by atoms with E-state index in [2.05, 4.69) is 0 Å². The van der Waals surface area contributed by atoms with Crippen LogP contribution in [0.4, 0.5) is 12.9 Å². The first-order chi connectivity index (χ1) is 6.08. The summed E-state index contributed by atoms with van der Waals surface area (Å²) < 4.78 is 40.1. The summed E-state index contributed by atoms with van der Waals surface area (Å²) >= 11 is 0. The van der Waals surface area contributed by atoms with E-state index in [1.165, 1.54) is 0 Å². The Morgan fingerprint density at radius 1 is 1.07 bits per heavy atom. The third-order valence-electron chi connectivity index (χ3n) is 1.46. The molecule has 0 saturated carbocycles. The molecule has 0 heterocycles. The van der Waals surface area contributed by atoms with Gasteiger partial charge >= 0.3 is 58.4 Å². The van der Waals surface area contributed by atoms with Gasteiger partial charge in [0.25, 0.3) is 0 Å². The molecule has 14 heavy (non-hydrogen) atoms. The summed E-state index contributed by atoms with van der Waals surface area (Å²) in [5, 5.41) is 0. The van der Waals surface area contributed by atoms with Gasteiger partial charge in [0.15, 0.2) is 0 Å². The SMILES string of the molecule is F[B-](F)(F)CCOc1ccccc1.[K+]. The number of hydrogen-bond donors (Lipinski definition) is 0. The quantitative estimate of drug-likeness (QED) is 0.655. The summed E-state index contributed by atoms with van der Waals surface area (Å²) in [5.41, 5.74) is 0. The number of benzene rings is 1. The summed E-state index contributed by atoms with van der Waals surface area (Å²) in [5.74, 6) is 0.475. The minimum Gasteiger partial charge on any atom is -0.497 e. The van der Waals surface area contributed by atoms with E-state index in [4.69, 9.17) is 4.74 Å². The van der Waals surface area contributed by atoms with E-state index in [0.29, 0.717) is 5.75 Å². The van der Waals surface area contributed by atoms with Gasteiger partial charge in [-0.2, -0.15) is 0 Å². The summed E-state index contributed by atoms with van der Waals surface area (Å²) in [7, 11) is 0. The van der Waals surface area contributed by atoms with Gasteiger partial charge in [-0.25, -0.2) is 0 Å². The van der Waals surface area contributed by atoms with Crippen LogP contribution in [0, 0.1) is 0 Å². The van der Waals surface area contributed by atoms with Crippen LogP contribution in [0.1, 0.15) is 0 Å². The Hall–Kier alpha value is 0.511. The molecule has 0 aliphatic heterocycles. The van der Waals surface area contributed by atoms with E-state index in [9.17, 15) is 12.9 Å². The normalized spacial score (nSPS) is 10.5. The van der Waals surface area contributed by atoms with Crippen LogP contribution in [-0.4, -0.2) is 13.6 Å². The Bertz CT molecular complexity index is 253. The molecule has 0 bridgehead atoms. The van der Waals surface area contributed by atoms with Crippen LogP contribution >= 0.6 is 0 Å². The van der Waals surface area contributed by atoms with Crippen molar-refractivity contribution < 1.29 is 69.1 Å². The molecule has 0 radical (unpaired) electrons. The molecule has 1 aromatic carbocycles. The first-order valence-corrected chi connectivity index (χ1v) is 3.97. The third-order valence-corrected chi connectivity index (χ3v) is 1.46. The molecular weight excluding hydrogens is 219 g/mol. The number of ether oxygens (including phenoxy) is 1. The largest absolute Gasteiger partial charge is 1.00 e. The van der Waals surface area contributed by atoms with Crippen LogP contribution in [0.3, 0.4) is 0 Å². The van der Waals surface area contributed by atoms with Crippen LogP contribution < -0.4 is 56.1 Å². The predicted molar refractivity (Wildman–Crippen MR) is 45.8 cm³/mol. The molecule has 0 amide bonds. The van der Waals surface area contributed by atoms with Gasteiger partial charge in [0, 0.05) is 0 Å². The van der Waals surface area contributed by atoms with Gasteiger partial charge in [0.2, 0.25) is 0 Å². The minimum absolute atomic E-state index is 0. The molecule has 0 spiro atoms. The molecular formula is C8H9BF3KO. The molecule has 1 aromatic rings. The Kier molecular flexibility index (Phi) is 7.15. The van der Waals surface area contributed by atoms with Crippen molar-refractivity contribution in [3.05, 3.63) is 30.3 Å². The smallest absolute Gasteiger partial charge is 0.497 e. The Balaban J connectivity index is 0.00000169. The summed E-state index contributed by atoms with van der Waals surface area (Å²) in [4.78, 5) is 0. The van der Waals surface area contributed by atoms with E-state index >= 15 is 0 Å². The zero-order valence-corrected chi connectivity index (χ0v) is 11.0. The summed E-state index contributed by atoms with van der Waals surface area (Å²) in [6.45, 7) is -5.02. The Morgan fingerprint density at radius 2 is 1.64 bits per heavy atom. The average Bonchev–Trinajstić information content (AvgIpc) is 2.04. The predicted octanol–water partition coefficient (Wildman–Crippen LogP) is -0.0832. The van der Waals surface area contributed by atoms with Gasteiger partial charge < -0.3 is 17.7 Å². The maximum absolute atomic E-state index is 11.7. The van der Waals surface area contributed by atoms with Crippen molar-refractivity contribution in [3.8, 4) is 5.75 Å². The molecule has 72 valence electrons. The molecule has 0 atom stereocenters. The molecule has 1 nitrogen and oxygen atoms in total. The Morgan fingerprint density at radius 3 is 2.14 bits per heavy atom. The maximum atomic E-state index is 11.7. The van der Waals surface area contributed by atoms with Crippen molar-refractivity contribution >= 4 is 6.98 Å². The van der Waals surface area contributed by atoms with Gasteiger partial charge in [-0.15, -0.1) is 0 Å². The van der Waals surface area contributed by atoms with Crippen molar-refractivity contribution in [1.29, 1.82) is 0 Å². The fourth-order valence-corrected chi connectivity index (χ4v) is 0.827. The average molecular weight is 228 g/mol. The molecule has 0 aliphatic rings. The van der Waals surface area contributed by atoms with Crippen LogP contribution in [0.15, 0.2) is 30.3 Å². The van der Waals surface area contributed by atoms with Gasteiger partial charge in [0.05, 0.1) is 6.61 Å². The third kappa shape index (κ3) is 6.89. The minimum atomic E-state index is -4.73. The van der Waals surface area contributed by atoms with Gasteiger partial charge in [-0.1, -0.05) is 24.5 Å². The molecule has 0 fully saturated rings. The second kappa shape index (κ2) is 6.90. The first kappa shape index (κ1) is 14.5. The first-order valence-electron chi connectivity index (χ1n) is 3.97. The zero-order valence-electron chi connectivity index (χ0n) is 7.92. The second-order valence-corrected chi connectivity index (χ2v) is 2.66. The van der Waals surface area contributed by atoms with Gasteiger partial charge in [-0.05, 0) is 12.1 Å². The van der Waals surface area contributed by atoms with Crippen molar-refractivity contribution in [2.24, 2.45) is 0 Å². The fraction of sp³-hybridized carbons (Fsp3) is 0.250. The molecule has 0 aliphatic carbocycles. The molecule has 1 rings (SSSR count). The summed E-state index contributed by atoms with van der Waals surface area (Å²) in [6, 6.07) is 8.47. The van der Waals surface area contributed by atoms with Crippen molar-refractivity contribution in [1.82, 2.24) is 0 Å². The van der Waals surface area contributed by atoms with E-state index in [-0.39, 0.29) is 58.0 Å². The molecule has 0 unspecified atom stereocenters. The van der Waals surface area contributed by atoms with Gasteiger partial charge in [-0.3, -0.25) is 0 Å². The van der Waals surface area contributed by atoms with E-state index < -0.39 is 13.3 Å². The second-order valence-electron chi connectivity index (χ2n) is 2.66. The number of rotatable bonds is 4. The monoisotopic (exact) mass is 228 g/mol. The topological polar surface area (TPSA) is 9.23 Å².